The van der Waals surface area contributed by atoms with Crippen LogP contribution in [0.2, 0.25) is 0 Å². The van der Waals surface area contributed by atoms with Crippen molar-refractivity contribution in [1.82, 2.24) is 0 Å². The smallest absolute Gasteiger partial charge is 0.505 e. The van der Waals surface area contributed by atoms with Gasteiger partial charge in [-0.25, -0.2) is 4.79 Å². The van der Waals surface area contributed by atoms with E-state index in [-0.39, 0.29) is 11.7 Å². The number of allylic oxidation sites excluding steroid dienone is 1. The highest BCUT2D eigenvalue weighted by Gasteiger charge is 2.32. The van der Waals surface area contributed by atoms with E-state index in [2.05, 4.69) is 4.98 Å². The first-order chi connectivity index (χ1) is 8.06. The van der Waals surface area contributed by atoms with Gasteiger partial charge in [-0.3, -0.25) is 0 Å². The van der Waals surface area contributed by atoms with Gasteiger partial charge in [-0.2, -0.15) is 0 Å². The Balaban J connectivity index is 2.91. The first kappa shape index (κ1) is 12.7. The summed E-state index contributed by atoms with van der Waals surface area (Å²) < 4.78 is 4.93. The number of nitrogens with zero attached hydrogens (tertiary/aromatic N) is 2. The van der Waals surface area contributed by atoms with Gasteiger partial charge in [0, 0.05) is 5.92 Å². The van der Waals surface area contributed by atoms with Gasteiger partial charge in [-0.05, 0) is 12.1 Å². The molecule has 1 aromatic rings. The second-order valence-corrected chi connectivity index (χ2v) is 3.69. The zero-order valence-electron chi connectivity index (χ0n) is 9.62. The van der Waals surface area contributed by atoms with Gasteiger partial charge in [0.15, 0.2) is 10.7 Å². The molecule has 1 N–H and O–H groups in total. The second kappa shape index (κ2) is 5.66. The van der Waals surface area contributed by atoms with Gasteiger partial charge in [0.05, 0.1) is 0 Å². The standard InChI is InChI=1S/C12H12N2O3/c1-8(2)11(15)10(14-13)12(16)17-9-6-4-3-5-7-9/h3-8H,1-2H3/p+1. The van der Waals surface area contributed by atoms with E-state index in [0.29, 0.717) is 5.75 Å². The van der Waals surface area contributed by atoms with Crippen molar-refractivity contribution < 1.29 is 14.6 Å². The van der Waals surface area contributed by atoms with Crippen LogP contribution in [0.3, 0.4) is 0 Å². The van der Waals surface area contributed by atoms with Crippen LogP contribution < -0.4 is 4.74 Å². The van der Waals surface area contributed by atoms with Crippen LogP contribution in [0.25, 0.3) is 4.98 Å². The molecule has 0 heterocycles. The lowest BCUT2D eigenvalue weighted by atomic mass is 10.1. The van der Waals surface area contributed by atoms with E-state index in [4.69, 9.17) is 10.1 Å². The monoisotopic (exact) mass is 233 g/mol. The quantitative estimate of drug-likeness (QED) is 0.286. The summed E-state index contributed by atoms with van der Waals surface area (Å²) in [7, 11) is 0. The van der Waals surface area contributed by atoms with Gasteiger partial charge in [-0.1, -0.05) is 32.0 Å². The van der Waals surface area contributed by atoms with E-state index in [1.807, 2.05) is 0 Å². The minimum atomic E-state index is -0.898. The molecule has 5 nitrogen and oxygen atoms in total. The van der Waals surface area contributed by atoms with E-state index in [9.17, 15) is 9.90 Å². The predicted molar refractivity (Wildman–Crippen MR) is 61.7 cm³/mol. The lowest BCUT2D eigenvalue weighted by Gasteiger charge is -2.01. The van der Waals surface area contributed by atoms with Gasteiger partial charge < -0.3 is 9.84 Å². The molecule has 88 valence electrons. The van der Waals surface area contributed by atoms with Crippen molar-refractivity contribution in [2.45, 2.75) is 13.8 Å². The summed E-state index contributed by atoms with van der Waals surface area (Å²) in [6.45, 7) is 3.33. The molecule has 0 radical (unpaired) electrons. The summed E-state index contributed by atoms with van der Waals surface area (Å²) in [6.07, 6.45) is 0. The first-order valence-corrected chi connectivity index (χ1v) is 5.11. The zero-order valence-corrected chi connectivity index (χ0v) is 9.62. The normalized spacial score (nSPS) is 11.6. The van der Waals surface area contributed by atoms with Crippen LogP contribution in [0.4, 0.5) is 0 Å². The third-order valence-electron chi connectivity index (χ3n) is 2.04. The van der Waals surface area contributed by atoms with Gasteiger partial charge in [0.25, 0.3) is 0 Å². The summed E-state index contributed by atoms with van der Waals surface area (Å²) in [5.74, 6) is -1.22. The highest BCUT2D eigenvalue weighted by Crippen LogP contribution is 2.17. The Hall–Kier alpha value is -2.35. The third-order valence-corrected chi connectivity index (χ3v) is 2.04. The summed E-state index contributed by atoms with van der Waals surface area (Å²) in [4.78, 5) is 14.4. The Bertz CT molecular complexity index is 472. The number of carbonyl (C=O) groups excluding carboxylic acids is 1. The van der Waals surface area contributed by atoms with E-state index >= 15 is 0 Å². The molecule has 1 aromatic carbocycles. The number of para-hydroxylation sites is 1. The fraction of sp³-hybridized carbons (Fsp3) is 0.250. The highest BCUT2D eigenvalue weighted by molar-refractivity contribution is 5.92. The summed E-state index contributed by atoms with van der Waals surface area (Å²) in [5.41, 5.74) is -0.483. The average molecular weight is 233 g/mol. The van der Waals surface area contributed by atoms with Crippen molar-refractivity contribution in [3.05, 3.63) is 46.8 Å². The molecule has 0 spiro atoms. The molecule has 0 aliphatic heterocycles. The molecule has 1 rings (SSSR count). The van der Waals surface area contributed by atoms with Crippen LogP contribution in [0.15, 0.2) is 41.8 Å². The van der Waals surface area contributed by atoms with Gasteiger partial charge in [0.2, 0.25) is 5.39 Å². The Labute approximate surface area is 99.0 Å². The topological polar surface area (TPSA) is 74.7 Å². The number of benzene rings is 1. The molecule has 0 amide bonds. The van der Waals surface area contributed by atoms with Crippen molar-refractivity contribution in [2.75, 3.05) is 0 Å². The maximum atomic E-state index is 11.6. The first-order valence-electron chi connectivity index (χ1n) is 5.11. The molecule has 0 aromatic heterocycles. The molecular weight excluding hydrogens is 220 g/mol. The number of diazo groups is 1. The Morgan fingerprint density at radius 1 is 1.35 bits per heavy atom. The summed E-state index contributed by atoms with van der Waals surface area (Å²) in [6, 6.07) is 8.34. The SMILES string of the molecule is CC(C)C(O)=C([N+]#N)C(=O)Oc1ccccc1. The molecule has 0 unspecified atom stereocenters. The van der Waals surface area contributed by atoms with Crippen molar-refractivity contribution in [2.24, 2.45) is 5.92 Å². The molecular formula is C12H13N2O3+. The fourth-order valence-electron chi connectivity index (χ4n) is 1.11. The molecule has 0 saturated carbocycles. The van der Waals surface area contributed by atoms with Crippen molar-refractivity contribution >= 4 is 5.97 Å². The molecule has 0 bridgehead atoms. The van der Waals surface area contributed by atoms with Crippen LogP contribution in [0.1, 0.15) is 13.8 Å². The van der Waals surface area contributed by atoms with Gasteiger partial charge in [-0.15, -0.1) is 0 Å². The third kappa shape index (κ3) is 3.31. The number of carbonyl (C=O) groups is 1. The van der Waals surface area contributed by atoms with E-state index in [1.165, 1.54) is 0 Å². The van der Waals surface area contributed by atoms with Crippen LogP contribution in [-0.4, -0.2) is 11.1 Å². The minimum absolute atomic E-state index is 0.312. The van der Waals surface area contributed by atoms with Gasteiger partial charge >= 0.3 is 11.7 Å². The van der Waals surface area contributed by atoms with Crippen LogP contribution >= 0.6 is 0 Å². The molecule has 0 fully saturated rings. The Morgan fingerprint density at radius 2 is 1.94 bits per heavy atom. The van der Waals surface area contributed by atoms with Crippen LogP contribution in [0, 0.1) is 11.3 Å². The van der Waals surface area contributed by atoms with Crippen LogP contribution in [-0.2, 0) is 4.79 Å². The number of hydrogen-bond acceptors (Lipinski definition) is 4. The Kier molecular flexibility index (Phi) is 4.23. The van der Waals surface area contributed by atoms with E-state index in [0.717, 1.165) is 0 Å². The number of ether oxygens (including phenoxy) is 1. The maximum absolute atomic E-state index is 11.6. The lowest BCUT2D eigenvalue weighted by Crippen LogP contribution is -2.13. The van der Waals surface area contributed by atoms with Crippen LogP contribution in [0.5, 0.6) is 5.75 Å². The lowest BCUT2D eigenvalue weighted by molar-refractivity contribution is -0.130. The molecule has 0 aliphatic rings. The Morgan fingerprint density at radius 3 is 2.41 bits per heavy atom. The zero-order chi connectivity index (χ0) is 12.8. The maximum Gasteiger partial charge on any atom is 0.505 e. The van der Waals surface area contributed by atoms with Gasteiger partial charge in [0.1, 0.15) is 5.75 Å². The average Bonchev–Trinajstić information content (AvgIpc) is 2.30. The van der Waals surface area contributed by atoms with Crippen molar-refractivity contribution in [3.8, 4) is 5.75 Å². The predicted octanol–water partition coefficient (Wildman–Crippen LogP) is 2.87. The number of aliphatic hydroxyl groups is 1. The molecule has 5 heteroatoms. The number of esters is 1. The molecule has 0 atom stereocenters. The van der Waals surface area contributed by atoms with Crippen molar-refractivity contribution in [1.29, 1.82) is 5.39 Å². The number of rotatable bonds is 3. The number of aliphatic hydroxyl groups excluding tert-OH is 1. The number of hydrogen-bond donors (Lipinski definition) is 1. The second-order valence-electron chi connectivity index (χ2n) is 3.69. The summed E-state index contributed by atoms with van der Waals surface area (Å²) >= 11 is 0. The largest absolute Gasteiger partial charge is 0.505 e. The highest BCUT2D eigenvalue weighted by atomic mass is 16.5. The molecule has 0 saturated heterocycles. The summed E-state index contributed by atoms with van der Waals surface area (Å²) in [5, 5.41) is 18.3. The van der Waals surface area contributed by atoms with Crippen molar-refractivity contribution in [3.63, 3.8) is 0 Å². The van der Waals surface area contributed by atoms with E-state index in [1.54, 1.807) is 44.2 Å². The van der Waals surface area contributed by atoms with E-state index < -0.39 is 11.7 Å². The molecule has 17 heavy (non-hydrogen) atoms. The minimum Gasteiger partial charge on any atom is -0.505 e. The molecule has 0 aliphatic carbocycles. The fourth-order valence-corrected chi connectivity index (χ4v) is 1.11.